The van der Waals surface area contributed by atoms with Gasteiger partial charge in [-0.05, 0) is 19.9 Å². The molecule has 0 saturated carbocycles. The second-order valence-corrected chi connectivity index (χ2v) is 5.32. The highest BCUT2D eigenvalue weighted by molar-refractivity contribution is 5.79. The number of likely N-dealkylation sites (tertiary alicyclic amines) is 2. The van der Waals surface area contributed by atoms with Gasteiger partial charge < -0.3 is 20.2 Å². The Morgan fingerprint density at radius 3 is 2.28 bits per heavy atom. The van der Waals surface area contributed by atoms with E-state index in [0.717, 1.165) is 39.0 Å². The van der Waals surface area contributed by atoms with Gasteiger partial charge in [0.15, 0.2) is 0 Å². The number of rotatable bonds is 3. The van der Waals surface area contributed by atoms with Crippen molar-refractivity contribution >= 4 is 11.8 Å². The van der Waals surface area contributed by atoms with E-state index in [2.05, 4.69) is 5.32 Å². The first kappa shape index (κ1) is 13.3. The third-order valence-electron chi connectivity index (χ3n) is 4.05. The molecule has 0 atom stereocenters. The van der Waals surface area contributed by atoms with Crippen LogP contribution in [0.4, 0.5) is 0 Å². The van der Waals surface area contributed by atoms with Crippen LogP contribution in [-0.2, 0) is 9.59 Å². The van der Waals surface area contributed by atoms with Crippen LogP contribution in [0.25, 0.3) is 0 Å². The Morgan fingerprint density at radius 2 is 1.78 bits per heavy atom. The average Bonchev–Trinajstić information content (AvgIpc) is 2.35. The molecular formula is C12H21N3O3. The average molecular weight is 255 g/mol. The third kappa shape index (κ3) is 2.49. The number of aliphatic hydroxyl groups excluding tert-OH is 1. The van der Waals surface area contributed by atoms with E-state index in [1.807, 2.05) is 4.90 Å². The van der Waals surface area contributed by atoms with Crippen molar-refractivity contribution in [1.82, 2.24) is 15.1 Å². The summed E-state index contributed by atoms with van der Waals surface area (Å²) in [4.78, 5) is 26.6. The molecule has 0 aromatic rings. The lowest BCUT2D eigenvalue weighted by Gasteiger charge is -2.53. The van der Waals surface area contributed by atoms with E-state index >= 15 is 0 Å². The van der Waals surface area contributed by atoms with Crippen molar-refractivity contribution in [3.05, 3.63) is 0 Å². The molecule has 2 saturated heterocycles. The van der Waals surface area contributed by atoms with Crippen LogP contribution in [0.2, 0.25) is 0 Å². The zero-order valence-electron chi connectivity index (χ0n) is 10.8. The topological polar surface area (TPSA) is 72.9 Å². The molecule has 2 amide bonds. The Morgan fingerprint density at radius 1 is 1.17 bits per heavy atom. The minimum absolute atomic E-state index is 0.148. The van der Waals surface area contributed by atoms with E-state index in [4.69, 9.17) is 5.11 Å². The van der Waals surface area contributed by atoms with Gasteiger partial charge in [-0.15, -0.1) is 0 Å². The predicted molar refractivity (Wildman–Crippen MR) is 65.8 cm³/mol. The number of carbonyl (C=O) groups is 2. The van der Waals surface area contributed by atoms with E-state index in [0.29, 0.717) is 6.54 Å². The van der Waals surface area contributed by atoms with Crippen molar-refractivity contribution in [3.63, 3.8) is 0 Å². The number of hydrogen-bond donors (Lipinski definition) is 2. The van der Waals surface area contributed by atoms with Crippen LogP contribution in [0.1, 0.15) is 12.8 Å². The minimum atomic E-state index is -0.400. The molecule has 2 heterocycles. The van der Waals surface area contributed by atoms with Gasteiger partial charge in [0, 0.05) is 31.6 Å². The highest BCUT2D eigenvalue weighted by atomic mass is 16.3. The lowest BCUT2D eigenvalue weighted by Crippen LogP contribution is -2.63. The third-order valence-corrected chi connectivity index (χ3v) is 4.05. The van der Waals surface area contributed by atoms with Crippen LogP contribution in [0, 0.1) is 5.41 Å². The molecule has 0 aromatic heterocycles. The summed E-state index contributed by atoms with van der Waals surface area (Å²) in [6.07, 6.45) is 1.91. The molecule has 2 aliphatic heterocycles. The Balaban J connectivity index is 1.78. The van der Waals surface area contributed by atoms with Crippen molar-refractivity contribution in [2.75, 3.05) is 46.4 Å². The molecule has 2 N–H and O–H groups in total. The fourth-order valence-electron chi connectivity index (χ4n) is 2.85. The predicted octanol–water partition coefficient (Wildman–Crippen LogP) is -1.35. The van der Waals surface area contributed by atoms with Gasteiger partial charge in [-0.2, -0.15) is 0 Å². The zero-order valence-corrected chi connectivity index (χ0v) is 10.8. The van der Waals surface area contributed by atoms with Crippen molar-refractivity contribution in [1.29, 1.82) is 0 Å². The summed E-state index contributed by atoms with van der Waals surface area (Å²) < 4.78 is 0. The van der Waals surface area contributed by atoms with Crippen LogP contribution < -0.4 is 5.32 Å². The number of piperidine rings is 1. The standard InChI is InChI=1S/C12H21N3O3/c1-13-6-10(17)14-4-2-12(3-5-14)8-15(9-12)11(18)7-16/h13,16H,2-9H2,1H3. The van der Waals surface area contributed by atoms with Gasteiger partial charge in [0.25, 0.3) is 0 Å². The molecule has 0 aromatic carbocycles. The van der Waals surface area contributed by atoms with Crippen LogP contribution in [-0.4, -0.2) is 73.1 Å². The lowest BCUT2D eigenvalue weighted by atomic mass is 9.72. The van der Waals surface area contributed by atoms with Crippen LogP contribution in [0.15, 0.2) is 0 Å². The molecule has 2 aliphatic rings. The van der Waals surface area contributed by atoms with Gasteiger partial charge >= 0.3 is 0 Å². The van der Waals surface area contributed by atoms with E-state index in [-0.39, 0.29) is 17.2 Å². The molecule has 0 bridgehead atoms. The molecule has 6 heteroatoms. The normalized spacial score (nSPS) is 21.9. The van der Waals surface area contributed by atoms with E-state index in [1.54, 1.807) is 11.9 Å². The van der Waals surface area contributed by atoms with E-state index < -0.39 is 6.61 Å². The highest BCUT2D eigenvalue weighted by Gasteiger charge is 2.46. The molecule has 18 heavy (non-hydrogen) atoms. The van der Waals surface area contributed by atoms with Gasteiger partial charge in [0.05, 0.1) is 6.54 Å². The summed E-state index contributed by atoms with van der Waals surface area (Å²) >= 11 is 0. The minimum Gasteiger partial charge on any atom is -0.387 e. The molecule has 2 fully saturated rings. The molecule has 102 valence electrons. The maximum absolute atomic E-state index is 11.7. The Hall–Kier alpha value is -1.14. The summed E-state index contributed by atoms with van der Waals surface area (Å²) in [6.45, 7) is 3.02. The second kappa shape index (κ2) is 5.24. The molecular weight excluding hydrogens is 234 g/mol. The highest BCUT2D eigenvalue weighted by Crippen LogP contribution is 2.40. The van der Waals surface area contributed by atoms with Crippen LogP contribution in [0.3, 0.4) is 0 Å². The molecule has 1 spiro atoms. The fourth-order valence-corrected chi connectivity index (χ4v) is 2.85. The monoisotopic (exact) mass is 255 g/mol. The van der Waals surface area contributed by atoms with E-state index in [1.165, 1.54) is 0 Å². The number of likely N-dealkylation sites (N-methyl/N-ethyl adjacent to an activating group) is 1. The van der Waals surface area contributed by atoms with Gasteiger partial charge in [-0.1, -0.05) is 0 Å². The Labute approximate surface area is 107 Å². The molecule has 6 nitrogen and oxygen atoms in total. The Kier molecular flexibility index (Phi) is 3.87. The number of nitrogens with zero attached hydrogens (tertiary/aromatic N) is 2. The number of hydrogen-bond acceptors (Lipinski definition) is 4. The van der Waals surface area contributed by atoms with Crippen LogP contribution >= 0.6 is 0 Å². The quantitative estimate of drug-likeness (QED) is 0.654. The number of nitrogens with one attached hydrogen (secondary N) is 1. The number of carbonyl (C=O) groups excluding carboxylic acids is 2. The van der Waals surface area contributed by atoms with Crippen molar-refractivity contribution in [3.8, 4) is 0 Å². The summed E-state index contributed by atoms with van der Waals surface area (Å²) in [5, 5.41) is 11.7. The fraction of sp³-hybridized carbons (Fsp3) is 0.833. The number of aliphatic hydroxyl groups is 1. The zero-order chi connectivity index (χ0) is 13.2. The summed E-state index contributed by atoms with van der Waals surface area (Å²) in [6, 6.07) is 0. The lowest BCUT2D eigenvalue weighted by molar-refractivity contribution is -0.152. The second-order valence-electron chi connectivity index (χ2n) is 5.32. The smallest absolute Gasteiger partial charge is 0.248 e. The van der Waals surface area contributed by atoms with Gasteiger partial charge in [-0.25, -0.2) is 0 Å². The first-order valence-electron chi connectivity index (χ1n) is 6.41. The largest absolute Gasteiger partial charge is 0.387 e. The first-order valence-corrected chi connectivity index (χ1v) is 6.41. The molecule has 0 radical (unpaired) electrons. The maximum Gasteiger partial charge on any atom is 0.248 e. The SMILES string of the molecule is CNCC(=O)N1CCC2(CC1)CN(C(=O)CO)C2. The van der Waals surface area contributed by atoms with Crippen molar-refractivity contribution in [2.24, 2.45) is 5.41 Å². The van der Waals surface area contributed by atoms with Crippen molar-refractivity contribution < 1.29 is 14.7 Å². The molecule has 2 rings (SSSR count). The van der Waals surface area contributed by atoms with Crippen LogP contribution in [0.5, 0.6) is 0 Å². The first-order chi connectivity index (χ1) is 8.60. The maximum atomic E-state index is 11.7. The van der Waals surface area contributed by atoms with E-state index in [9.17, 15) is 9.59 Å². The van der Waals surface area contributed by atoms with Gasteiger partial charge in [0.1, 0.15) is 6.61 Å². The molecule has 0 aliphatic carbocycles. The Bertz CT molecular complexity index is 329. The number of amides is 2. The summed E-state index contributed by atoms with van der Waals surface area (Å²) in [7, 11) is 1.77. The van der Waals surface area contributed by atoms with Gasteiger partial charge in [0.2, 0.25) is 11.8 Å². The summed E-state index contributed by atoms with van der Waals surface area (Å²) in [5.41, 5.74) is 0.196. The summed E-state index contributed by atoms with van der Waals surface area (Å²) in [5.74, 6) is -0.0377. The molecule has 0 unspecified atom stereocenters. The van der Waals surface area contributed by atoms with Crippen molar-refractivity contribution in [2.45, 2.75) is 12.8 Å². The van der Waals surface area contributed by atoms with Gasteiger partial charge in [-0.3, -0.25) is 9.59 Å².